The van der Waals surface area contributed by atoms with Crippen molar-refractivity contribution in [2.45, 2.75) is 12.0 Å². The minimum absolute atomic E-state index is 0.136. The largest absolute Gasteiger partial charge is 0.465 e. The number of likely N-dealkylation sites (N-methyl/N-ethyl adjacent to an activating group) is 1. The normalized spacial score (nSPS) is 13.4. The van der Waals surface area contributed by atoms with Crippen LogP contribution in [0.2, 0.25) is 10.0 Å². The van der Waals surface area contributed by atoms with Crippen molar-refractivity contribution in [3.05, 3.63) is 46.5 Å². The molecule has 19 heavy (non-hydrogen) atoms. The summed E-state index contributed by atoms with van der Waals surface area (Å²) in [5, 5.41) is 9.73. The molecule has 1 N–H and O–H groups in total. The summed E-state index contributed by atoms with van der Waals surface area (Å²) < 4.78 is 0. The van der Waals surface area contributed by atoms with Crippen LogP contribution in [0.5, 0.6) is 0 Å². The SMILES string of the molecule is C=CC[C@@](C=O)(c1ccc(Cl)c(Cl)c1)N(C)C(=O)O. The van der Waals surface area contributed by atoms with Gasteiger partial charge in [0, 0.05) is 7.05 Å². The maximum atomic E-state index is 11.5. The van der Waals surface area contributed by atoms with Crippen LogP contribution in [-0.4, -0.2) is 29.4 Å². The van der Waals surface area contributed by atoms with Gasteiger partial charge in [-0.3, -0.25) is 4.90 Å². The number of halogens is 2. The molecule has 0 unspecified atom stereocenters. The Kier molecular flexibility index (Phi) is 4.97. The van der Waals surface area contributed by atoms with Gasteiger partial charge in [0.1, 0.15) is 5.54 Å². The molecule has 0 aliphatic rings. The molecule has 0 saturated carbocycles. The summed E-state index contributed by atoms with van der Waals surface area (Å²) in [5.74, 6) is 0. The second-order valence-electron chi connectivity index (χ2n) is 4.01. The standard InChI is InChI=1S/C13H13Cl2NO3/c1-3-6-13(8-17,16(2)12(18)19)9-4-5-10(14)11(15)7-9/h3-5,7-8H,1,6H2,2H3,(H,18,19)/t13-/m1/s1. The fraction of sp³-hybridized carbons (Fsp3) is 0.231. The highest BCUT2D eigenvalue weighted by Gasteiger charge is 2.38. The third-order valence-electron chi connectivity index (χ3n) is 2.96. The maximum absolute atomic E-state index is 11.5. The lowest BCUT2D eigenvalue weighted by molar-refractivity contribution is -0.117. The van der Waals surface area contributed by atoms with Crippen LogP contribution in [0.15, 0.2) is 30.9 Å². The van der Waals surface area contributed by atoms with Crippen molar-refractivity contribution in [2.24, 2.45) is 0 Å². The van der Waals surface area contributed by atoms with Crippen molar-refractivity contribution in [2.75, 3.05) is 7.05 Å². The Bertz CT molecular complexity index is 519. The topological polar surface area (TPSA) is 57.6 Å². The van der Waals surface area contributed by atoms with E-state index in [-0.39, 0.29) is 11.4 Å². The summed E-state index contributed by atoms with van der Waals surface area (Å²) in [6.07, 6.45) is 0.968. The van der Waals surface area contributed by atoms with Crippen molar-refractivity contribution >= 4 is 35.6 Å². The van der Waals surface area contributed by atoms with Crippen molar-refractivity contribution in [3.8, 4) is 0 Å². The van der Waals surface area contributed by atoms with E-state index in [0.717, 1.165) is 4.90 Å². The van der Waals surface area contributed by atoms with E-state index in [1.54, 1.807) is 6.07 Å². The van der Waals surface area contributed by atoms with Gasteiger partial charge in [-0.15, -0.1) is 6.58 Å². The van der Waals surface area contributed by atoms with E-state index < -0.39 is 11.6 Å². The Labute approximate surface area is 121 Å². The first kappa shape index (κ1) is 15.5. The number of rotatable bonds is 5. The first-order valence-corrected chi connectivity index (χ1v) is 6.14. The molecule has 0 heterocycles. The smallest absolute Gasteiger partial charge is 0.408 e. The van der Waals surface area contributed by atoms with E-state index in [2.05, 4.69) is 6.58 Å². The Morgan fingerprint density at radius 2 is 2.11 bits per heavy atom. The molecular weight excluding hydrogens is 289 g/mol. The van der Waals surface area contributed by atoms with Crippen molar-refractivity contribution in [1.29, 1.82) is 0 Å². The Morgan fingerprint density at radius 3 is 2.53 bits per heavy atom. The molecule has 102 valence electrons. The number of aldehydes is 1. The third kappa shape index (κ3) is 2.91. The number of carbonyl (C=O) groups is 2. The van der Waals surface area contributed by atoms with E-state index in [4.69, 9.17) is 28.3 Å². The van der Waals surface area contributed by atoms with E-state index in [1.165, 1.54) is 25.3 Å². The van der Waals surface area contributed by atoms with Crippen LogP contribution < -0.4 is 0 Å². The molecule has 0 bridgehead atoms. The molecule has 0 aliphatic heterocycles. The third-order valence-corrected chi connectivity index (χ3v) is 3.69. The summed E-state index contributed by atoms with van der Waals surface area (Å²) in [6, 6.07) is 4.59. The minimum atomic E-state index is -1.36. The number of nitrogens with zero attached hydrogens (tertiary/aromatic N) is 1. The fourth-order valence-electron chi connectivity index (χ4n) is 1.80. The van der Waals surface area contributed by atoms with Crippen LogP contribution in [0, 0.1) is 0 Å². The molecule has 0 spiro atoms. The van der Waals surface area contributed by atoms with Gasteiger partial charge in [0.15, 0.2) is 6.29 Å². The summed E-state index contributed by atoms with van der Waals surface area (Å²) in [4.78, 5) is 23.6. The van der Waals surface area contributed by atoms with Gasteiger partial charge < -0.3 is 9.90 Å². The monoisotopic (exact) mass is 301 g/mol. The van der Waals surface area contributed by atoms with E-state index in [1.807, 2.05) is 0 Å². The Hall–Kier alpha value is -1.52. The van der Waals surface area contributed by atoms with E-state index in [0.29, 0.717) is 16.9 Å². The van der Waals surface area contributed by atoms with Gasteiger partial charge in [-0.05, 0) is 24.1 Å². The zero-order valence-electron chi connectivity index (χ0n) is 10.3. The lowest BCUT2D eigenvalue weighted by atomic mass is 9.86. The predicted molar refractivity (Wildman–Crippen MR) is 74.8 cm³/mol. The molecule has 1 aromatic carbocycles. The molecule has 0 fully saturated rings. The second-order valence-corrected chi connectivity index (χ2v) is 4.82. The van der Waals surface area contributed by atoms with Gasteiger partial charge in [0.2, 0.25) is 0 Å². The molecule has 1 atom stereocenters. The van der Waals surface area contributed by atoms with Crippen molar-refractivity contribution in [3.63, 3.8) is 0 Å². The molecule has 6 heteroatoms. The average Bonchev–Trinajstić information content (AvgIpc) is 2.38. The molecule has 0 aliphatic carbocycles. The summed E-state index contributed by atoms with van der Waals surface area (Å²) in [5.41, 5.74) is -0.913. The van der Waals surface area contributed by atoms with Gasteiger partial charge in [-0.2, -0.15) is 0 Å². The highest BCUT2D eigenvalue weighted by atomic mass is 35.5. The molecule has 1 rings (SSSR count). The quantitative estimate of drug-likeness (QED) is 0.668. The van der Waals surface area contributed by atoms with Gasteiger partial charge in [-0.25, -0.2) is 4.79 Å². The highest BCUT2D eigenvalue weighted by molar-refractivity contribution is 6.42. The predicted octanol–water partition coefficient (Wildman–Crippen LogP) is 3.57. The summed E-state index contributed by atoms with van der Waals surface area (Å²) in [7, 11) is 1.32. The van der Waals surface area contributed by atoms with Crippen LogP contribution in [0.25, 0.3) is 0 Å². The van der Waals surface area contributed by atoms with Gasteiger partial charge in [0.05, 0.1) is 10.0 Å². The van der Waals surface area contributed by atoms with Crippen LogP contribution in [-0.2, 0) is 10.3 Å². The molecule has 0 aromatic heterocycles. The van der Waals surface area contributed by atoms with E-state index >= 15 is 0 Å². The number of benzene rings is 1. The average molecular weight is 302 g/mol. The van der Waals surface area contributed by atoms with Gasteiger partial charge >= 0.3 is 6.09 Å². The maximum Gasteiger partial charge on any atom is 0.408 e. The number of carbonyl (C=O) groups excluding carboxylic acids is 1. The number of hydrogen-bond donors (Lipinski definition) is 1. The lowest BCUT2D eigenvalue weighted by Gasteiger charge is -2.35. The van der Waals surface area contributed by atoms with Crippen LogP contribution in [0.1, 0.15) is 12.0 Å². The lowest BCUT2D eigenvalue weighted by Crippen LogP contribution is -2.47. The molecule has 1 amide bonds. The van der Waals surface area contributed by atoms with Crippen molar-refractivity contribution < 1.29 is 14.7 Å². The minimum Gasteiger partial charge on any atom is -0.465 e. The van der Waals surface area contributed by atoms with Crippen LogP contribution >= 0.6 is 23.2 Å². The zero-order chi connectivity index (χ0) is 14.6. The van der Waals surface area contributed by atoms with Crippen molar-refractivity contribution in [1.82, 2.24) is 4.90 Å². The molecule has 1 aromatic rings. The summed E-state index contributed by atoms with van der Waals surface area (Å²) >= 11 is 11.7. The molecule has 0 saturated heterocycles. The number of hydrogen-bond acceptors (Lipinski definition) is 2. The Balaban J connectivity index is 3.44. The van der Waals surface area contributed by atoms with E-state index in [9.17, 15) is 9.59 Å². The van der Waals surface area contributed by atoms with Crippen LogP contribution in [0.3, 0.4) is 0 Å². The van der Waals surface area contributed by atoms with Crippen LogP contribution in [0.4, 0.5) is 4.79 Å². The second kappa shape index (κ2) is 6.08. The van der Waals surface area contributed by atoms with Gasteiger partial charge in [0.25, 0.3) is 0 Å². The summed E-state index contributed by atoms with van der Waals surface area (Å²) in [6.45, 7) is 3.56. The van der Waals surface area contributed by atoms with Gasteiger partial charge in [-0.1, -0.05) is 35.3 Å². The fourth-order valence-corrected chi connectivity index (χ4v) is 2.10. The number of amides is 1. The zero-order valence-corrected chi connectivity index (χ0v) is 11.8. The number of carboxylic acid groups (broad SMARTS) is 1. The Morgan fingerprint density at radius 1 is 1.47 bits per heavy atom. The first-order valence-electron chi connectivity index (χ1n) is 5.38. The first-order chi connectivity index (χ1) is 8.89. The molecular formula is C13H13Cl2NO3. The molecule has 4 nitrogen and oxygen atoms in total. The molecule has 0 radical (unpaired) electrons. The highest BCUT2D eigenvalue weighted by Crippen LogP contribution is 2.34.